The molecule has 0 aromatic heterocycles. The Hall–Kier alpha value is -2.14. The van der Waals surface area contributed by atoms with Gasteiger partial charge in [0.1, 0.15) is 5.75 Å². The van der Waals surface area contributed by atoms with E-state index in [2.05, 4.69) is 0 Å². The van der Waals surface area contributed by atoms with Crippen molar-refractivity contribution >= 4 is 21.3 Å². The summed E-state index contributed by atoms with van der Waals surface area (Å²) in [5.41, 5.74) is 6.37. The molecule has 2 rings (SSSR count). The van der Waals surface area contributed by atoms with Gasteiger partial charge >= 0.3 is 0 Å². The molecule has 0 fully saturated rings. The number of nitrogen functional groups attached to an aromatic ring is 1. The molecule has 0 atom stereocenters. The van der Waals surface area contributed by atoms with E-state index in [0.717, 1.165) is 0 Å². The third-order valence-electron chi connectivity index (χ3n) is 2.66. The van der Waals surface area contributed by atoms with Crippen LogP contribution in [0.3, 0.4) is 0 Å². The van der Waals surface area contributed by atoms with Crippen LogP contribution in [-0.2, 0) is 9.84 Å². The van der Waals surface area contributed by atoms with Gasteiger partial charge in [-0.25, -0.2) is 8.42 Å². The number of carbonyl (C=O) groups excluding carboxylic acids is 1. The first-order valence-electron chi connectivity index (χ1n) is 5.65. The fourth-order valence-electron chi connectivity index (χ4n) is 1.64. The summed E-state index contributed by atoms with van der Waals surface area (Å²) in [7, 11) is -3.63. The third-order valence-corrected chi connectivity index (χ3v) is 4.29. The minimum Gasteiger partial charge on any atom is -0.399 e. The Morgan fingerprint density at radius 3 is 2.11 bits per heavy atom. The molecule has 0 aliphatic carbocycles. The maximum Gasteiger partial charge on any atom is 0.185 e. The first kappa shape index (κ1) is 13.3. The highest BCUT2D eigenvalue weighted by Gasteiger charge is 2.20. The molecule has 0 heterocycles. The second-order valence-corrected chi connectivity index (χ2v) is 6.11. The summed E-state index contributed by atoms with van der Waals surface area (Å²) in [5, 5.41) is 0. The zero-order valence-electron chi connectivity index (χ0n) is 10.1. The Bertz CT molecular complexity index is 676. The van der Waals surface area contributed by atoms with Crippen molar-refractivity contribution in [2.75, 3.05) is 11.5 Å². The predicted molar refractivity (Wildman–Crippen MR) is 73.7 cm³/mol. The van der Waals surface area contributed by atoms with E-state index in [9.17, 15) is 13.2 Å². The van der Waals surface area contributed by atoms with Gasteiger partial charge in [0.05, 0.1) is 4.90 Å². The number of ketones is 1. The number of carbonyl (C=O) groups is 1. The lowest BCUT2D eigenvalue weighted by molar-refractivity contribution is 0.102. The van der Waals surface area contributed by atoms with Crippen LogP contribution in [0.4, 0.5) is 5.69 Å². The normalized spacial score (nSPS) is 11.2. The summed E-state index contributed by atoms with van der Waals surface area (Å²) < 4.78 is 24.1. The Balaban J connectivity index is 2.23. The molecule has 2 N–H and O–H groups in total. The summed E-state index contributed by atoms with van der Waals surface area (Å²) in [6.07, 6.45) is 0. The van der Waals surface area contributed by atoms with Crippen molar-refractivity contribution in [3.8, 4) is 0 Å². The third kappa shape index (κ3) is 3.20. The molecule has 2 aromatic carbocycles. The lowest BCUT2D eigenvalue weighted by Gasteiger charge is -2.04. The number of hydrogen-bond acceptors (Lipinski definition) is 4. The van der Waals surface area contributed by atoms with Gasteiger partial charge in [-0.1, -0.05) is 30.3 Å². The molecular formula is C14H13NO3S. The molecule has 0 spiro atoms. The van der Waals surface area contributed by atoms with Crippen molar-refractivity contribution in [1.29, 1.82) is 0 Å². The van der Waals surface area contributed by atoms with Gasteiger partial charge in [-0.3, -0.25) is 4.79 Å². The van der Waals surface area contributed by atoms with Crippen LogP contribution in [0, 0.1) is 0 Å². The maximum atomic E-state index is 12.1. The minimum absolute atomic E-state index is 0.103. The van der Waals surface area contributed by atoms with Gasteiger partial charge < -0.3 is 5.73 Å². The van der Waals surface area contributed by atoms with Crippen molar-refractivity contribution < 1.29 is 13.2 Å². The zero-order chi connectivity index (χ0) is 13.9. The molecule has 19 heavy (non-hydrogen) atoms. The van der Waals surface area contributed by atoms with Crippen molar-refractivity contribution in [3.05, 3.63) is 60.2 Å². The fourth-order valence-corrected chi connectivity index (χ4v) is 2.87. The summed E-state index contributed by atoms with van der Waals surface area (Å²) in [4.78, 5) is 12.0. The quantitative estimate of drug-likeness (QED) is 0.683. The van der Waals surface area contributed by atoms with Gasteiger partial charge in [0.15, 0.2) is 15.6 Å². The van der Waals surface area contributed by atoms with Crippen LogP contribution in [0.15, 0.2) is 59.5 Å². The number of sulfone groups is 1. The number of nitrogens with two attached hydrogens (primary N) is 1. The van der Waals surface area contributed by atoms with Gasteiger partial charge in [0, 0.05) is 11.3 Å². The SMILES string of the molecule is Nc1ccc(S(=O)(=O)CC(=O)c2ccccc2)cc1. The second-order valence-electron chi connectivity index (χ2n) is 4.12. The van der Waals surface area contributed by atoms with Crippen molar-refractivity contribution in [3.63, 3.8) is 0 Å². The summed E-state index contributed by atoms with van der Waals surface area (Å²) in [6, 6.07) is 14.2. The van der Waals surface area contributed by atoms with Crippen LogP contribution in [0.2, 0.25) is 0 Å². The van der Waals surface area contributed by atoms with E-state index in [1.54, 1.807) is 30.3 Å². The highest BCUT2D eigenvalue weighted by molar-refractivity contribution is 7.92. The van der Waals surface area contributed by atoms with Crippen molar-refractivity contribution in [2.45, 2.75) is 4.90 Å². The molecule has 5 heteroatoms. The number of Topliss-reactive ketones (excluding diaryl/α,β-unsaturated/α-hetero) is 1. The summed E-state index contributed by atoms with van der Waals surface area (Å²) in [6.45, 7) is 0. The van der Waals surface area contributed by atoms with Crippen LogP contribution >= 0.6 is 0 Å². The van der Waals surface area contributed by atoms with Crippen LogP contribution in [0.25, 0.3) is 0 Å². The molecule has 0 amide bonds. The number of hydrogen-bond donors (Lipinski definition) is 1. The van der Waals surface area contributed by atoms with Gasteiger partial charge in [-0.15, -0.1) is 0 Å². The van der Waals surface area contributed by atoms with Gasteiger partial charge in [-0.05, 0) is 24.3 Å². The molecule has 0 saturated heterocycles. The Morgan fingerprint density at radius 2 is 1.53 bits per heavy atom. The molecule has 0 radical (unpaired) electrons. The Morgan fingerprint density at radius 1 is 0.947 bits per heavy atom. The lowest BCUT2D eigenvalue weighted by atomic mass is 10.2. The Kier molecular flexibility index (Phi) is 3.66. The van der Waals surface area contributed by atoms with Crippen LogP contribution in [0.5, 0.6) is 0 Å². The van der Waals surface area contributed by atoms with Crippen molar-refractivity contribution in [2.24, 2.45) is 0 Å². The average molecular weight is 275 g/mol. The first-order valence-corrected chi connectivity index (χ1v) is 7.31. The fraction of sp³-hybridized carbons (Fsp3) is 0.0714. The Labute approximate surface area is 111 Å². The molecule has 0 aliphatic heterocycles. The van der Waals surface area contributed by atoms with E-state index >= 15 is 0 Å². The van der Waals surface area contributed by atoms with E-state index in [4.69, 9.17) is 5.73 Å². The molecule has 0 aliphatic rings. The topological polar surface area (TPSA) is 77.2 Å². The molecule has 98 valence electrons. The molecular weight excluding hydrogens is 262 g/mol. The number of benzene rings is 2. The standard InChI is InChI=1S/C14H13NO3S/c15-12-6-8-13(9-7-12)19(17,18)10-14(16)11-4-2-1-3-5-11/h1-9H,10,15H2. The van der Waals surface area contributed by atoms with E-state index in [0.29, 0.717) is 11.3 Å². The van der Waals surface area contributed by atoms with Gasteiger partial charge in [0.25, 0.3) is 0 Å². The number of rotatable bonds is 4. The van der Waals surface area contributed by atoms with E-state index < -0.39 is 21.4 Å². The molecule has 2 aromatic rings. The average Bonchev–Trinajstić information content (AvgIpc) is 2.40. The monoisotopic (exact) mass is 275 g/mol. The van der Waals surface area contributed by atoms with Crippen LogP contribution in [-0.4, -0.2) is 20.0 Å². The van der Waals surface area contributed by atoms with Crippen LogP contribution in [0.1, 0.15) is 10.4 Å². The smallest absolute Gasteiger partial charge is 0.185 e. The number of anilines is 1. The van der Waals surface area contributed by atoms with E-state index in [-0.39, 0.29) is 4.90 Å². The van der Waals surface area contributed by atoms with Crippen LogP contribution < -0.4 is 5.73 Å². The molecule has 4 nitrogen and oxygen atoms in total. The highest BCUT2D eigenvalue weighted by atomic mass is 32.2. The zero-order valence-corrected chi connectivity index (χ0v) is 10.9. The lowest BCUT2D eigenvalue weighted by Crippen LogP contribution is -2.16. The summed E-state index contributed by atoms with van der Waals surface area (Å²) in [5.74, 6) is -0.960. The van der Waals surface area contributed by atoms with E-state index in [1.807, 2.05) is 0 Å². The summed E-state index contributed by atoms with van der Waals surface area (Å²) >= 11 is 0. The largest absolute Gasteiger partial charge is 0.399 e. The molecule has 0 saturated carbocycles. The first-order chi connectivity index (χ1) is 8.99. The highest BCUT2D eigenvalue weighted by Crippen LogP contribution is 2.15. The minimum atomic E-state index is -3.63. The second kappa shape index (κ2) is 5.24. The van der Waals surface area contributed by atoms with Gasteiger partial charge in [-0.2, -0.15) is 0 Å². The predicted octanol–water partition coefficient (Wildman–Crippen LogP) is 1.93. The molecule has 0 unspecified atom stereocenters. The molecule has 0 bridgehead atoms. The van der Waals surface area contributed by atoms with E-state index in [1.165, 1.54) is 24.3 Å². The maximum absolute atomic E-state index is 12.1. The van der Waals surface area contributed by atoms with Crippen molar-refractivity contribution in [1.82, 2.24) is 0 Å². The van der Waals surface area contributed by atoms with Gasteiger partial charge in [0.2, 0.25) is 0 Å².